The summed E-state index contributed by atoms with van der Waals surface area (Å²) in [4.78, 5) is 0.159. The topological polar surface area (TPSA) is 94.1 Å². The van der Waals surface area contributed by atoms with E-state index in [2.05, 4.69) is 26.2 Å². The lowest BCUT2D eigenvalue weighted by atomic mass is 10.2. The SMILES string of the molecule is Cn1nnc(Br)c1S(=O)(=O)N(CC(N)=S)C1CCCC1. The van der Waals surface area contributed by atoms with Gasteiger partial charge >= 0.3 is 0 Å². The first-order valence-electron chi connectivity index (χ1n) is 6.19. The van der Waals surface area contributed by atoms with Crippen molar-refractivity contribution in [2.75, 3.05) is 6.54 Å². The molecule has 1 aromatic rings. The lowest BCUT2D eigenvalue weighted by Crippen LogP contribution is -2.44. The van der Waals surface area contributed by atoms with E-state index in [1.54, 1.807) is 0 Å². The maximum Gasteiger partial charge on any atom is 0.263 e. The maximum atomic E-state index is 12.8. The smallest absolute Gasteiger partial charge is 0.263 e. The van der Waals surface area contributed by atoms with Gasteiger partial charge < -0.3 is 5.73 Å². The summed E-state index contributed by atoms with van der Waals surface area (Å²) in [6.07, 6.45) is 3.67. The zero-order chi connectivity index (χ0) is 14.9. The summed E-state index contributed by atoms with van der Waals surface area (Å²) < 4.78 is 28.5. The second kappa shape index (κ2) is 6.04. The molecule has 2 N–H and O–H groups in total. The molecule has 1 aliphatic rings. The fourth-order valence-corrected chi connectivity index (χ4v) is 5.38. The molecular formula is C10H16BrN5O2S2. The molecule has 0 saturated heterocycles. The molecule has 1 heterocycles. The summed E-state index contributed by atoms with van der Waals surface area (Å²) in [6.45, 7) is 0.0416. The second-order valence-corrected chi connectivity index (χ2v) is 7.85. The molecular weight excluding hydrogens is 366 g/mol. The number of rotatable bonds is 5. The van der Waals surface area contributed by atoms with E-state index < -0.39 is 10.0 Å². The molecule has 0 atom stereocenters. The second-order valence-electron chi connectivity index (χ2n) is 4.76. The first kappa shape index (κ1) is 15.8. The van der Waals surface area contributed by atoms with E-state index in [0.29, 0.717) is 0 Å². The lowest BCUT2D eigenvalue weighted by Gasteiger charge is -2.27. The Kier molecular flexibility index (Phi) is 4.77. The molecule has 10 heteroatoms. The predicted molar refractivity (Wildman–Crippen MR) is 81.6 cm³/mol. The number of nitrogens with two attached hydrogens (primary N) is 1. The third kappa shape index (κ3) is 3.02. The normalized spacial score (nSPS) is 16.9. The van der Waals surface area contributed by atoms with Crippen LogP contribution < -0.4 is 5.73 Å². The van der Waals surface area contributed by atoms with E-state index in [0.717, 1.165) is 25.7 Å². The Morgan fingerprint density at radius 3 is 2.60 bits per heavy atom. The van der Waals surface area contributed by atoms with Crippen LogP contribution in [0.5, 0.6) is 0 Å². The fraction of sp³-hybridized carbons (Fsp3) is 0.700. The van der Waals surface area contributed by atoms with Gasteiger partial charge in [-0.1, -0.05) is 30.3 Å². The Labute approximate surface area is 131 Å². The number of hydrogen-bond acceptors (Lipinski definition) is 5. The van der Waals surface area contributed by atoms with Gasteiger partial charge in [0.25, 0.3) is 10.0 Å². The molecule has 0 radical (unpaired) electrons. The van der Waals surface area contributed by atoms with E-state index >= 15 is 0 Å². The number of halogens is 1. The highest BCUT2D eigenvalue weighted by Crippen LogP contribution is 2.30. The minimum Gasteiger partial charge on any atom is -0.392 e. The third-order valence-corrected chi connectivity index (χ3v) is 6.25. The Bertz CT molecular complexity index is 590. The molecule has 7 nitrogen and oxygen atoms in total. The molecule has 0 bridgehead atoms. The van der Waals surface area contributed by atoms with Crippen LogP contribution in [-0.4, -0.2) is 45.3 Å². The van der Waals surface area contributed by atoms with Gasteiger partial charge in [-0.05, 0) is 28.8 Å². The Morgan fingerprint density at radius 1 is 1.55 bits per heavy atom. The fourth-order valence-electron chi connectivity index (χ4n) is 2.46. The number of aryl methyl sites for hydroxylation is 1. The highest BCUT2D eigenvalue weighted by atomic mass is 79.9. The summed E-state index contributed by atoms with van der Waals surface area (Å²) in [5.41, 5.74) is 5.56. The molecule has 1 aromatic heterocycles. The molecule has 1 aliphatic carbocycles. The molecule has 20 heavy (non-hydrogen) atoms. The molecule has 1 fully saturated rings. The van der Waals surface area contributed by atoms with Crippen molar-refractivity contribution in [3.8, 4) is 0 Å². The standard InChI is InChI=1S/C10H16BrN5O2S2/c1-15-10(9(11)13-14-15)20(17,18)16(6-8(12)19)7-4-2-3-5-7/h7H,2-6H2,1H3,(H2,12,19). The molecule has 0 amide bonds. The number of nitrogens with zero attached hydrogens (tertiary/aromatic N) is 4. The summed E-state index contributed by atoms with van der Waals surface area (Å²) in [5.74, 6) is 0. The molecule has 0 aliphatic heterocycles. The molecule has 1 saturated carbocycles. The lowest BCUT2D eigenvalue weighted by molar-refractivity contribution is 0.351. The zero-order valence-electron chi connectivity index (χ0n) is 11.0. The first-order valence-corrected chi connectivity index (χ1v) is 8.83. The van der Waals surface area contributed by atoms with Crippen LogP contribution in [0.1, 0.15) is 25.7 Å². The van der Waals surface area contributed by atoms with Gasteiger partial charge in [0, 0.05) is 13.1 Å². The zero-order valence-corrected chi connectivity index (χ0v) is 14.2. The summed E-state index contributed by atoms with van der Waals surface area (Å²) in [6, 6.07) is -0.0664. The van der Waals surface area contributed by atoms with Gasteiger partial charge in [0.15, 0.2) is 4.60 Å². The number of sulfonamides is 1. The van der Waals surface area contributed by atoms with E-state index in [9.17, 15) is 8.42 Å². The molecule has 0 aromatic carbocycles. The van der Waals surface area contributed by atoms with Crippen LogP contribution in [0.4, 0.5) is 0 Å². The van der Waals surface area contributed by atoms with Crippen LogP contribution in [0, 0.1) is 0 Å². The van der Waals surface area contributed by atoms with Crippen LogP contribution in [0.2, 0.25) is 0 Å². The van der Waals surface area contributed by atoms with Crippen molar-refractivity contribution in [2.24, 2.45) is 12.8 Å². The average molecular weight is 382 g/mol. The van der Waals surface area contributed by atoms with E-state index in [1.165, 1.54) is 16.0 Å². The highest BCUT2D eigenvalue weighted by molar-refractivity contribution is 9.10. The van der Waals surface area contributed by atoms with E-state index in [1.807, 2.05) is 0 Å². The van der Waals surface area contributed by atoms with E-state index in [-0.39, 0.29) is 27.2 Å². The minimum absolute atomic E-state index is 0.0284. The van der Waals surface area contributed by atoms with Gasteiger partial charge in [-0.25, -0.2) is 13.1 Å². The van der Waals surface area contributed by atoms with Gasteiger partial charge in [0.05, 0.1) is 11.5 Å². The van der Waals surface area contributed by atoms with Crippen LogP contribution in [0.15, 0.2) is 9.63 Å². The highest BCUT2D eigenvalue weighted by Gasteiger charge is 2.37. The number of hydrogen-bond donors (Lipinski definition) is 1. The van der Waals surface area contributed by atoms with Crippen molar-refractivity contribution < 1.29 is 8.42 Å². The van der Waals surface area contributed by atoms with Crippen molar-refractivity contribution in [2.45, 2.75) is 36.8 Å². The molecule has 0 unspecified atom stereocenters. The maximum absolute atomic E-state index is 12.8. The van der Waals surface area contributed by atoms with E-state index in [4.69, 9.17) is 18.0 Å². The van der Waals surface area contributed by atoms with Crippen LogP contribution >= 0.6 is 28.1 Å². The Hall–Kier alpha value is -0.580. The summed E-state index contributed by atoms with van der Waals surface area (Å²) in [5, 5.41) is 7.48. The summed E-state index contributed by atoms with van der Waals surface area (Å²) in [7, 11) is -2.20. The molecule has 112 valence electrons. The molecule has 0 spiro atoms. The predicted octanol–water partition coefficient (Wildman–Crippen LogP) is 0.797. The number of aromatic nitrogens is 3. The van der Waals surface area contributed by atoms with Gasteiger partial charge in [0.1, 0.15) is 0 Å². The van der Waals surface area contributed by atoms with Crippen LogP contribution in [-0.2, 0) is 17.1 Å². The largest absolute Gasteiger partial charge is 0.392 e. The number of thiocarbonyl (C=S) groups is 1. The van der Waals surface area contributed by atoms with Gasteiger partial charge in [-0.3, -0.25) is 0 Å². The monoisotopic (exact) mass is 381 g/mol. The third-order valence-electron chi connectivity index (χ3n) is 3.33. The quantitative estimate of drug-likeness (QED) is 0.757. The van der Waals surface area contributed by atoms with Crippen molar-refractivity contribution in [1.29, 1.82) is 0 Å². The first-order chi connectivity index (χ1) is 9.34. The van der Waals surface area contributed by atoms with Gasteiger partial charge in [-0.2, -0.15) is 4.31 Å². The van der Waals surface area contributed by atoms with Crippen LogP contribution in [0.25, 0.3) is 0 Å². The van der Waals surface area contributed by atoms with Crippen LogP contribution in [0.3, 0.4) is 0 Å². The van der Waals surface area contributed by atoms with Gasteiger partial charge in [-0.15, -0.1) is 5.10 Å². The Balaban J connectivity index is 2.43. The average Bonchev–Trinajstić information content (AvgIpc) is 2.96. The minimum atomic E-state index is -3.74. The van der Waals surface area contributed by atoms with Crippen molar-refractivity contribution in [1.82, 2.24) is 19.3 Å². The molecule has 2 rings (SSSR count). The van der Waals surface area contributed by atoms with Crippen molar-refractivity contribution in [3.05, 3.63) is 4.60 Å². The van der Waals surface area contributed by atoms with Gasteiger partial charge in [0.2, 0.25) is 5.03 Å². The Morgan fingerprint density at radius 2 is 2.15 bits per heavy atom. The summed E-state index contributed by atoms with van der Waals surface area (Å²) >= 11 is 8.02. The van der Waals surface area contributed by atoms with Crippen molar-refractivity contribution in [3.63, 3.8) is 0 Å². The van der Waals surface area contributed by atoms with Crippen molar-refractivity contribution >= 4 is 43.2 Å².